The van der Waals surface area contributed by atoms with Crippen molar-refractivity contribution in [1.29, 1.82) is 0 Å². The zero-order chi connectivity index (χ0) is 28.1. The number of aliphatic imine (C=N–C) groups is 1. The smallest absolute Gasteiger partial charge is 0.258 e. The number of amides is 1. The summed E-state index contributed by atoms with van der Waals surface area (Å²) < 4.78 is 33.2. The third-order valence-corrected chi connectivity index (χ3v) is 11.0. The zero-order valence-corrected chi connectivity index (χ0v) is 24.1. The first-order chi connectivity index (χ1) is 17.7. The van der Waals surface area contributed by atoms with Crippen LogP contribution in [-0.2, 0) is 11.0 Å². The number of H-pyrrole nitrogens is 1. The van der Waals surface area contributed by atoms with Crippen LogP contribution in [0.5, 0.6) is 0 Å². The largest absolute Gasteiger partial charge is 0.413 e. The van der Waals surface area contributed by atoms with Crippen molar-refractivity contribution in [2.75, 3.05) is 11.9 Å². The molecular weight excluding hydrogens is 504 g/mol. The normalized spacial score (nSPS) is 12.6. The molecule has 0 aliphatic rings. The molecule has 0 unspecified atom stereocenters. The lowest BCUT2D eigenvalue weighted by molar-refractivity contribution is 0.0976. The number of rotatable bonds is 8. The van der Waals surface area contributed by atoms with Crippen molar-refractivity contribution >= 4 is 26.0 Å². The predicted octanol–water partition coefficient (Wildman–Crippen LogP) is 6.73. The van der Waals surface area contributed by atoms with E-state index in [2.05, 4.69) is 59.7 Å². The molecule has 1 heterocycles. The van der Waals surface area contributed by atoms with Gasteiger partial charge in [-0.25, -0.2) is 8.78 Å². The van der Waals surface area contributed by atoms with E-state index >= 15 is 0 Å². The predicted molar refractivity (Wildman–Crippen MR) is 151 cm³/mol. The monoisotopic (exact) mass is 541 g/mol. The van der Waals surface area contributed by atoms with Crippen LogP contribution in [-0.4, -0.2) is 36.9 Å². The Kier molecular flexibility index (Phi) is 9.21. The number of hydrogen-bond acceptors (Lipinski definition) is 4. The highest BCUT2D eigenvalue weighted by molar-refractivity contribution is 6.74. The molecule has 0 saturated carbocycles. The summed E-state index contributed by atoms with van der Waals surface area (Å²) in [6, 6.07) is 12.8. The van der Waals surface area contributed by atoms with Crippen molar-refractivity contribution in [2.45, 2.75) is 59.4 Å². The average Bonchev–Trinajstić information content (AvgIpc) is 3.31. The van der Waals surface area contributed by atoms with Crippen LogP contribution in [0.1, 0.15) is 50.5 Å². The lowest BCUT2D eigenvalue weighted by atomic mass is 10.1. The van der Waals surface area contributed by atoms with Crippen molar-refractivity contribution in [2.24, 2.45) is 10.9 Å². The van der Waals surface area contributed by atoms with Crippen molar-refractivity contribution in [1.82, 2.24) is 15.5 Å². The van der Waals surface area contributed by atoms with E-state index in [1.54, 1.807) is 6.07 Å². The quantitative estimate of drug-likeness (QED) is 0.168. The Morgan fingerprint density at radius 2 is 1.76 bits per heavy atom. The summed E-state index contributed by atoms with van der Waals surface area (Å²) in [4.78, 5) is 17.0. The summed E-state index contributed by atoms with van der Waals surface area (Å²) in [5.41, 5.74) is 2.79. The number of carbonyl (C=O) groups is 1. The summed E-state index contributed by atoms with van der Waals surface area (Å²) in [6.07, 6.45) is 0. The standard InChI is InChI=1S/C28H37F2N5O2Si/c1-18(2)16-31-27(33-26(36)21-12-13-22(29)23(30)14-21)32-25-15-24(34-35-25)20-10-8-19(9-11-20)17-37-38(6,7)28(3,4)5/h8-15,18H,16-17H2,1-7H3,(H3,31,32,33,34,35,36). The van der Waals surface area contributed by atoms with Crippen LogP contribution in [0.2, 0.25) is 18.1 Å². The van der Waals surface area contributed by atoms with Crippen LogP contribution in [0.15, 0.2) is 53.5 Å². The second kappa shape index (κ2) is 12.0. The van der Waals surface area contributed by atoms with Crippen LogP contribution in [0.25, 0.3) is 11.3 Å². The Hall–Kier alpha value is -3.37. The molecule has 3 N–H and O–H groups in total. The molecule has 3 rings (SSSR count). The second-order valence-electron chi connectivity index (χ2n) is 11.2. The molecule has 0 spiro atoms. The van der Waals surface area contributed by atoms with Gasteiger partial charge in [-0.15, -0.1) is 0 Å². The summed E-state index contributed by atoms with van der Waals surface area (Å²) in [5.74, 6) is -1.90. The van der Waals surface area contributed by atoms with Crippen LogP contribution in [0, 0.1) is 17.6 Å². The lowest BCUT2D eigenvalue weighted by Gasteiger charge is -2.36. The van der Waals surface area contributed by atoms with Crippen LogP contribution < -0.4 is 10.6 Å². The Labute approximate surface area is 224 Å². The van der Waals surface area contributed by atoms with Gasteiger partial charge in [-0.05, 0) is 53.4 Å². The number of aromatic amines is 1. The molecule has 0 atom stereocenters. The molecule has 0 aliphatic heterocycles. The lowest BCUT2D eigenvalue weighted by Crippen LogP contribution is -2.40. The molecule has 0 fully saturated rings. The van der Waals surface area contributed by atoms with Gasteiger partial charge >= 0.3 is 0 Å². The summed E-state index contributed by atoms with van der Waals surface area (Å²) in [6.45, 7) is 16.1. The maximum Gasteiger partial charge on any atom is 0.258 e. The van der Waals surface area contributed by atoms with Gasteiger partial charge in [0.1, 0.15) is 0 Å². The number of carbonyl (C=O) groups excluding carboxylic acids is 1. The Morgan fingerprint density at radius 1 is 1.08 bits per heavy atom. The number of guanidine groups is 1. The van der Waals surface area contributed by atoms with Gasteiger partial charge in [0.2, 0.25) is 5.96 Å². The molecule has 0 bridgehead atoms. The fourth-order valence-electron chi connectivity index (χ4n) is 3.12. The number of halogens is 2. The molecule has 0 saturated heterocycles. The number of anilines is 1. The molecule has 204 valence electrons. The van der Waals surface area contributed by atoms with Crippen molar-refractivity contribution in [3.05, 3.63) is 71.3 Å². The van der Waals surface area contributed by atoms with Gasteiger partial charge in [0.15, 0.2) is 25.8 Å². The van der Waals surface area contributed by atoms with E-state index < -0.39 is 25.9 Å². The maximum absolute atomic E-state index is 13.6. The Bertz CT molecular complexity index is 1280. The van der Waals surface area contributed by atoms with Gasteiger partial charge < -0.3 is 9.74 Å². The van der Waals surface area contributed by atoms with E-state index in [1.807, 2.05) is 38.1 Å². The Morgan fingerprint density at radius 3 is 2.37 bits per heavy atom. The van der Waals surface area contributed by atoms with Crippen molar-refractivity contribution in [3.63, 3.8) is 0 Å². The molecule has 0 aliphatic carbocycles. The van der Waals surface area contributed by atoms with Crippen molar-refractivity contribution in [3.8, 4) is 11.3 Å². The maximum atomic E-state index is 13.6. The third-order valence-electron chi connectivity index (χ3n) is 6.52. The SMILES string of the molecule is CC(C)CN=C(NC(=O)c1ccc(F)c(F)c1)Nc1cc(-c2ccc(CO[Si](C)(C)C(C)(C)C)cc2)[nH]n1. The Balaban J connectivity index is 1.69. The first kappa shape index (κ1) is 29.2. The molecule has 3 aromatic rings. The van der Waals surface area contributed by atoms with Crippen LogP contribution in [0.4, 0.5) is 14.6 Å². The minimum atomic E-state index is -1.83. The summed E-state index contributed by atoms with van der Waals surface area (Å²) in [5, 5.41) is 13.1. The second-order valence-corrected chi connectivity index (χ2v) is 16.0. The zero-order valence-electron chi connectivity index (χ0n) is 23.1. The average molecular weight is 542 g/mol. The van der Waals surface area contributed by atoms with E-state index in [0.717, 1.165) is 29.0 Å². The minimum absolute atomic E-state index is 0.0247. The molecule has 1 amide bonds. The van der Waals surface area contributed by atoms with Gasteiger partial charge in [0.05, 0.1) is 12.3 Å². The molecule has 7 nitrogen and oxygen atoms in total. The fourth-order valence-corrected chi connectivity index (χ4v) is 4.08. The number of benzene rings is 2. The molecule has 1 aromatic heterocycles. The molecule has 0 radical (unpaired) electrons. The number of aromatic nitrogens is 2. The number of nitrogens with zero attached hydrogens (tertiary/aromatic N) is 2. The summed E-state index contributed by atoms with van der Waals surface area (Å²) >= 11 is 0. The first-order valence-corrected chi connectivity index (χ1v) is 15.5. The van der Waals surface area contributed by atoms with Crippen LogP contribution in [0.3, 0.4) is 0 Å². The van der Waals surface area contributed by atoms with Gasteiger partial charge in [0.25, 0.3) is 5.91 Å². The first-order valence-electron chi connectivity index (χ1n) is 12.6. The highest BCUT2D eigenvalue weighted by Gasteiger charge is 2.37. The minimum Gasteiger partial charge on any atom is -0.413 e. The van der Waals surface area contributed by atoms with E-state index in [9.17, 15) is 13.6 Å². The van der Waals surface area contributed by atoms with Gasteiger partial charge in [-0.2, -0.15) is 5.10 Å². The van der Waals surface area contributed by atoms with Crippen LogP contribution >= 0.6 is 0 Å². The molecule has 10 heteroatoms. The number of hydrogen-bond donors (Lipinski definition) is 3. The topological polar surface area (TPSA) is 91.4 Å². The highest BCUT2D eigenvalue weighted by atomic mass is 28.4. The highest BCUT2D eigenvalue weighted by Crippen LogP contribution is 2.37. The van der Waals surface area contributed by atoms with E-state index in [1.165, 1.54) is 6.07 Å². The fraction of sp³-hybridized carbons (Fsp3) is 0.393. The van der Waals surface area contributed by atoms with E-state index in [4.69, 9.17) is 4.43 Å². The molecule has 38 heavy (non-hydrogen) atoms. The van der Waals surface area contributed by atoms with Gasteiger partial charge in [0, 0.05) is 18.2 Å². The summed E-state index contributed by atoms with van der Waals surface area (Å²) in [7, 11) is -1.83. The molecule has 2 aromatic carbocycles. The van der Waals surface area contributed by atoms with E-state index in [0.29, 0.717) is 19.0 Å². The van der Waals surface area contributed by atoms with Crippen molar-refractivity contribution < 1.29 is 18.0 Å². The third kappa shape index (κ3) is 7.81. The van der Waals surface area contributed by atoms with Gasteiger partial charge in [-0.3, -0.25) is 20.2 Å². The van der Waals surface area contributed by atoms with E-state index in [-0.39, 0.29) is 22.5 Å². The number of nitrogens with one attached hydrogen (secondary N) is 3. The molecular formula is C28H37F2N5O2Si. The van der Waals surface area contributed by atoms with Gasteiger partial charge in [-0.1, -0.05) is 58.9 Å².